The van der Waals surface area contributed by atoms with Crippen LogP contribution in [0, 0.1) is 0 Å². The lowest BCUT2D eigenvalue weighted by Gasteiger charge is -2.38. The zero-order chi connectivity index (χ0) is 25.0. The largest absolute Gasteiger partial charge is 0.404 e. The van der Waals surface area contributed by atoms with Crippen LogP contribution in [0.15, 0.2) is 113 Å². The number of nitrogens with two attached hydrogens (primary N) is 1. The van der Waals surface area contributed by atoms with Gasteiger partial charge in [-0.1, -0.05) is 48.6 Å². The van der Waals surface area contributed by atoms with Gasteiger partial charge in [0.1, 0.15) is 6.23 Å². The molecule has 1 aliphatic heterocycles. The minimum atomic E-state index is -0.384. The number of aliphatic hydroxyl groups excluding tert-OH is 1. The van der Waals surface area contributed by atoms with Crippen LogP contribution in [0.4, 0.5) is 0 Å². The van der Waals surface area contributed by atoms with E-state index in [-0.39, 0.29) is 6.23 Å². The van der Waals surface area contributed by atoms with Gasteiger partial charge in [-0.2, -0.15) is 0 Å². The SMILES string of the molecule is C\C=C/C(=C\C=C\C)C(/NC)=C(C(/C=C(\CN1CCC1O)C1=CCCC=C1)=C/N)\c1ccncc1. The van der Waals surface area contributed by atoms with E-state index in [9.17, 15) is 5.11 Å². The molecule has 1 aromatic rings. The zero-order valence-electron chi connectivity index (χ0n) is 21.1. The molecule has 1 aliphatic carbocycles. The summed E-state index contributed by atoms with van der Waals surface area (Å²) in [6, 6.07) is 4.01. The number of likely N-dealkylation sites (tertiary alicyclic amines) is 1. The molecule has 0 aromatic carbocycles. The van der Waals surface area contributed by atoms with Crippen LogP contribution in [-0.4, -0.2) is 41.4 Å². The summed E-state index contributed by atoms with van der Waals surface area (Å²) in [6.07, 6.45) is 26.9. The molecule has 0 saturated carbocycles. The first-order chi connectivity index (χ1) is 17.1. The Hall–Kier alpha value is -3.41. The topological polar surface area (TPSA) is 74.4 Å². The Morgan fingerprint density at radius 2 is 2.00 bits per heavy atom. The lowest BCUT2D eigenvalue weighted by atomic mass is 9.89. The van der Waals surface area contributed by atoms with E-state index in [1.165, 1.54) is 5.57 Å². The smallest absolute Gasteiger partial charge is 0.108 e. The van der Waals surface area contributed by atoms with Crippen molar-refractivity contribution in [1.29, 1.82) is 0 Å². The van der Waals surface area contributed by atoms with E-state index in [2.05, 4.69) is 51.7 Å². The Balaban J connectivity index is 2.21. The lowest BCUT2D eigenvalue weighted by Crippen LogP contribution is -2.48. The highest BCUT2D eigenvalue weighted by Crippen LogP contribution is 2.33. The van der Waals surface area contributed by atoms with Gasteiger partial charge in [0.25, 0.3) is 0 Å². The monoisotopic (exact) mass is 470 g/mol. The van der Waals surface area contributed by atoms with Crippen LogP contribution in [0.25, 0.3) is 5.57 Å². The van der Waals surface area contributed by atoms with E-state index in [1.54, 1.807) is 18.6 Å². The van der Waals surface area contributed by atoms with Crippen molar-refractivity contribution >= 4 is 5.57 Å². The van der Waals surface area contributed by atoms with Gasteiger partial charge in [0.15, 0.2) is 0 Å². The molecule has 184 valence electrons. The fraction of sp³-hybridized carbons (Fsp3) is 0.300. The molecule has 2 heterocycles. The van der Waals surface area contributed by atoms with E-state index in [1.807, 2.05) is 51.3 Å². The summed E-state index contributed by atoms with van der Waals surface area (Å²) in [7, 11) is 1.94. The summed E-state index contributed by atoms with van der Waals surface area (Å²) in [5.74, 6) is 0. The molecule has 0 radical (unpaired) electrons. The van der Waals surface area contributed by atoms with Gasteiger partial charge in [0.05, 0.1) is 0 Å². The number of allylic oxidation sites excluding steroid dienone is 11. The fourth-order valence-corrected chi connectivity index (χ4v) is 4.28. The quantitative estimate of drug-likeness (QED) is 0.412. The number of hydrogen-bond acceptors (Lipinski definition) is 5. The predicted molar refractivity (Wildman–Crippen MR) is 147 cm³/mol. The number of pyridine rings is 1. The van der Waals surface area contributed by atoms with Crippen molar-refractivity contribution in [1.82, 2.24) is 15.2 Å². The molecule has 5 heteroatoms. The van der Waals surface area contributed by atoms with Gasteiger partial charge >= 0.3 is 0 Å². The molecular weight excluding hydrogens is 432 g/mol. The molecule has 1 saturated heterocycles. The van der Waals surface area contributed by atoms with E-state index >= 15 is 0 Å². The third kappa shape index (κ3) is 6.81. The molecule has 1 unspecified atom stereocenters. The van der Waals surface area contributed by atoms with E-state index in [0.29, 0.717) is 6.54 Å². The van der Waals surface area contributed by atoms with Crippen molar-refractivity contribution < 1.29 is 5.11 Å². The Morgan fingerprint density at radius 3 is 2.54 bits per heavy atom. The minimum Gasteiger partial charge on any atom is -0.404 e. The van der Waals surface area contributed by atoms with Crippen molar-refractivity contribution in [2.75, 3.05) is 20.1 Å². The predicted octanol–water partition coefficient (Wildman–Crippen LogP) is 5.16. The second kappa shape index (κ2) is 13.5. The first-order valence-corrected chi connectivity index (χ1v) is 12.3. The molecule has 0 spiro atoms. The summed E-state index contributed by atoms with van der Waals surface area (Å²) >= 11 is 0. The zero-order valence-corrected chi connectivity index (χ0v) is 21.1. The van der Waals surface area contributed by atoms with Gasteiger partial charge in [0.2, 0.25) is 0 Å². The van der Waals surface area contributed by atoms with Crippen LogP contribution in [-0.2, 0) is 0 Å². The van der Waals surface area contributed by atoms with Gasteiger partial charge in [-0.15, -0.1) is 0 Å². The van der Waals surface area contributed by atoms with Crippen molar-refractivity contribution in [3.05, 3.63) is 119 Å². The second-order valence-electron chi connectivity index (χ2n) is 8.55. The number of rotatable bonds is 10. The van der Waals surface area contributed by atoms with Crippen LogP contribution in [0.5, 0.6) is 0 Å². The van der Waals surface area contributed by atoms with Gasteiger partial charge in [0, 0.05) is 55.6 Å². The van der Waals surface area contributed by atoms with E-state index in [4.69, 9.17) is 5.73 Å². The van der Waals surface area contributed by atoms with Crippen molar-refractivity contribution in [2.45, 2.75) is 39.3 Å². The number of nitrogens with zero attached hydrogens (tertiary/aromatic N) is 2. The van der Waals surface area contributed by atoms with Crippen molar-refractivity contribution in [2.24, 2.45) is 5.73 Å². The highest BCUT2D eigenvalue weighted by atomic mass is 16.3. The third-order valence-corrected chi connectivity index (χ3v) is 6.21. The van der Waals surface area contributed by atoms with Crippen molar-refractivity contribution in [3.63, 3.8) is 0 Å². The van der Waals surface area contributed by atoms with Gasteiger partial charge in [-0.25, -0.2) is 0 Å². The summed E-state index contributed by atoms with van der Waals surface area (Å²) in [4.78, 5) is 6.32. The molecule has 1 aromatic heterocycles. The normalized spacial score (nSPS) is 20.7. The van der Waals surface area contributed by atoms with Gasteiger partial charge in [-0.05, 0) is 73.6 Å². The number of aromatic nitrogens is 1. The summed E-state index contributed by atoms with van der Waals surface area (Å²) < 4.78 is 0. The second-order valence-corrected chi connectivity index (χ2v) is 8.55. The molecule has 3 rings (SSSR count). The molecular formula is C30H38N4O. The Bertz CT molecular complexity index is 1100. The summed E-state index contributed by atoms with van der Waals surface area (Å²) in [5.41, 5.74) is 13.6. The molecule has 1 fully saturated rings. The Kier molecular flexibility index (Phi) is 10.1. The molecule has 5 nitrogen and oxygen atoms in total. The summed E-state index contributed by atoms with van der Waals surface area (Å²) in [6.45, 7) is 5.58. The third-order valence-electron chi connectivity index (χ3n) is 6.21. The first-order valence-electron chi connectivity index (χ1n) is 12.3. The molecule has 0 amide bonds. The van der Waals surface area contributed by atoms with Gasteiger partial charge in [-0.3, -0.25) is 9.88 Å². The van der Waals surface area contributed by atoms with Crippen molar-refractivity contribution in [3.8, 4) is 0 Å². The standard InChI is InChI=1S/C30H38N4O/c1-4-6-11-25(10-5-2)30(32-3)29(24-14-17-33-18-15-24)26(21-31)20-27(22-34-19-16-28(34)35)23-12-8-7-9-13-23/h4-6,8,10-15,17-18,20-21,28,32,35H,7,9,16,19,22,31H2,1-3H3/b6-4+,10-5-,25-11+,26-21+,27-20+,30-29-. The number of likely N-dealkylation sites (N-methyl/N-ethyl adjacent to an activating group) is 1. The Labute approximate surface area is 210 Å². The maximum absolute atomic E-state index is 10.2. The van der Waals surface area contributed by atoms with Crippen LogP contribution in [0.3, 0.4) is 0 Å². The fourth-order valence-electron chi connectivity index (χ4n) is 4.28. The lowest BCUT2D eigenvalue weighted by molar-refractivity contribution is -0.0672. The minimum absolute atomic E-state index is 0.384. The van der Waals surface area contributed by atoms with E-state index in [0.717, 1.165) is 59.4 Å². The molecule has 4 N–H and O–H groups in total. The average Bonchev–Trinajstić information content (AvgIpc) is 2.90. The van der Waals surface area contributed by atoms with Crippen LogP contribution in [0.2, 0.25) is 0 Å². The van der Waals surface area contributed by atoms with E-state index < -0.39 is 0 Å². The number of nitrogens with one attached hydrogen (secondary N) is 1. The number of hydrogen-bond donors (Lipinski definition) is 3. The average molecular weight is 471 g/mol. The summed E-state index contributed by atoms with van der Waals surface area (Å²) in [5, 5.41) is 13.7. The van der Waals surface area contributed by atoms with Crippen LogP contribution in [0.1, 0.15) is 38.7 Å². The maximum atomic E-state index is 10.2. The molecule has 1 atom stereocenters. The number of aliphatic hydroxyl groups is 1. The maximum Gasteiger partial charge on any atom is 0.108 e. The van der Waals surface area contributed by atoms with Crippen LogP contribution >= 0.6 is 0 Å². The van der Waals surface area contributed by atoms with Crippen LogP contribution < -0.4 is 11.1 Å². The highest BCUT2D eigenvalue weighted by Gasteiger charge is 2.27. The molecule has 2 aliphatic rings. The van der Waals surface area contributed by atoms with Gasteiger partial charge < -0.3 is 16.2 Å². The molecule has 0 bridgehead atoms. The highest BCUT2D eigenvalue weighted by molar-refractivity contribution is 5.87. The molecule has 35 heavy (non-hydrogen) atoms. The Morgan fingerprint density at radius 1 is 1.20 bits per heavy atom. The first kappa shape index (κ1) is 26.2.